The molecule has 1 heterocycles. The third-order valence-corrected chi connectivity index (χ3v) is 4.00. The Morgan fingerprint density at radius 2 is 2.11 bits per heavy atom. The first-order valence-electron chi connectivity index (χ1n) is 6.24. The summed E-state index contributed by atoms with van der Waals surface area (Å²) in [4.78, 5) is 13.5. The van der Waals surface area contributed by atoms with Crippen molar-refractivity contribution in [2.24, 2.45) is 5.73 Å². The third kappa shape index (κ3) is 2.27. The van der Waals surface area contributed by atoms with Crippen molar-refractivity contribution in [1.29, 1.82) is 0 Å². The molecule has 2 rings (SSSR count). The van der Waals surface area contributed by atoms with Gasteiger partial charge in [-0.2, -0.15) is 12.6 Å². The highest BCUT2D eigenvalue weighted by molar-refractivity contribution is 7.80. The summed E-state index contributed by atoms with van der Waals surface area (Å²) in [7, 11) is 0. The molecule has 1 aromatic carbocycles. The first kappa shape index (κ1) is 13.4. The molecule has 0 aliphatic carbocycles. The number of amides is 1. The minimum Gasteiger partial charge on any atom is -0.330 e. The largest absolute Gasteiger partial charge is 0.330 e. The van der Waals surface area contributed by atoms with Crippen LogP contribution in [0.5, 0.6) is 0 Å². The van der Waals surface area contributed by atoms with Crippen molar-refractivity contribution in [3.63, 3.8) is 0 Å². The second kappa shape index (κ2) is 4.94. The molecule has 3 nitrogen and oxygen atoms in total. The fourth-order valence-electron chi connectivity index (χ4n) is 2.25. The van der Waals surface area contributed by atoms with Crippen LogP contribution < -0.4 is 10.6 Å². The second-order valence-electron chi connectivity index (χ2n) is 5.39. The number of carbonyl (C=O) groups excluding carboxylic acids is 1. The molecule has 0 fully saturated rings. The van der Waals surface area contributed by atoms with Gasteiger partial charge < -0.3 is 10.6 Å². The molecule has 4 heteroatoms. The Hall–Kier alpha value is -1.00. The summed E-state index contributed by atoms with van der Waals surface area (Å²) >= 11 is 4.23. The zero-order chi connectivity index (χ0) is 13.3. The van der Waals surface area contributed by atoms with E-state index in [-0.39, 0.29) is 11.3 Å². The molecule has 1 amide bonds. The summed E-state index contributed by atoms with van der Waals surface area (Å²) in [6.07, 6.45) is 1.38. The molecule has 1 aliphatic heterocycles. The Morgan fingerprint density at radius 3 is 2.72 bits per heavy atom. The third-order valence-electron chi connectivity index (χ3n) is 3.71. The maximum absolute atomic E-state index is 11.8. The van der Waals surface area contributed by atoms with E-state index in [1.165, 1.54) is 11.1 Å². The van der Waals surface area contributed by atoms with Crippen LogP contribution >= 0.6 is 12.6 Å². The Morgan fingerprint density at radius 1 is 1.39 bits per heavy atom. The number of carbonyl (C=O) groups is 1. The second-order valence-corrected chi connectivity index (χ2v) is 5.68. The molecule has 98 valence electrons. The molecule has 1 aromatic rings. The molecule has 0 saturated carbocycles. The number of nitrogens with two attached hydrogens (primary N) is 1. The SMILES string of the molecule is CC(C)(CN)c1ccc2c(c1)CCC(=O)N2CS. The van der Waals surface area contributed by atoms with Crippen molar-refractivity contribution in [3.05, 3.63) is 29.3 Å². The van der Waals surface area contributed by atoms with E-state index in [4.69, 9.17) is 5.73 Å². The molecule has 0 aromatic heterocycles. The number of hydrogen-bond donors (Lipinski definition) is 2. The molecular weight excluding hydrogens is 244 g/mol. The fourth-order valence-corrected chi connectivity index (χ4v) is 2.56. The number of anilines is 1. The molecular formula is C14H20N2OS. The van der Waals surface area contributed by atoms with Gasteiger partial charge in [-0.1, -0.05) is 26.0 Å². The first-order valence-corrected chi connectivity index (χ1v) is 6.87. The average Bonchev–Trinajstić information content (AvgIpc) is 2.38. The lowest BCUT2D eigenvalue weighted by Crippen LogP contribution is -2.34. The zero-order valence-electron chi connectivity index (χ0n) is 10.9. The molecule has 0 radical (unpaired) electrons. The highest BCUT2D eigenvalue weighted by Crippen LogP contribution is 2.32. The van der Waals surface area contributed by atoms with Crippen LogP contribution in [-0.2, 0) is 16.6 Å². The van der Waals surface area contributed by atoms with Gasteiger partial charge in [-0.05, 0) is 23.6 Å². The van der Waals surface area contributed by atoms with Gasteiger partial charge in [0.2, 0.25) is 5.91 Å². The summed E-state index contributed by atoms with van der Waals surface area (Å²) < 4.78 is 0. The van der Waals surface area contributed by atoms with Crippen LogP contribution in [0, 0.1) is 0 Å². The highest BCUT2D eigenvalue weighted by Gasteiger charge is 2.25. The minimum absolute atomic E-state index is 0.0255. The van der Waals surface area contributed by atoms with Crippen LogP contribution in [0.15, 0.2) is 18.2 Å². The molecule has 2 N–H and O–H groups in total. The summed E-state index contributed by atoms with van der Waals surface area (Å²) in [5.74, 6) is 0.592. The normalized spacial score (nSPS) is 15.8. The smallest absolute Gasteiger partial charge is 0.228 e. The van der Waals surface area contributed by atoms with Gasteiger partial charge in [0.05, 0.1) is 5.88 Å². The quantitative estimate of drug-likeness (QED) is 0.821. The van der Waals surface area contributed by atoms with E-state index in [9.17, 15) is 4.79 Å². The fraction of sp³-hybridized carbons (Fsp3) is 0.500. The summed E-state index contributed by atoms with van der Waals surface area (Å²) in [5, 5.41) is 0. The van der Waals surface area contributed by atoms with Crippen LogP contribution in [0.1, 0.15) is 31.4 Å². The van der Waals surface area contributed by atoms with Crippen LogP contribution in [0.2, 0.25) is 0 Å². The van der Waals surface area contributed by atoms with E-state index in [1.54, 1.807) is 4.90 Å². The molecule has 0 saturated heterocycles. The lowest BCUT2D eigenvalue weighted by Gasteiger charge is -2.30. The van der Waals surface area contributed by atoms with E-state index in [0.717, 1.165) is 12.1 Å². The molecule has 0 spiro atoms. The molecule has 0 bridgehead atoms. The van der Waals surface area contributed by atoms with Crippen molar-refractivity contribution in [3.8, 4) is 0 Å². The summed E-state index contributed by atoms with van der Waals surface area (Å²) in [6.45, 7) is 4.89. The van der Waals surface area contributed by atoms with E-state index < -0.39 is 0 Å². The van der Waals surface area contributed by atoms with Crippen LogP contribution in [0.4, 0.5) is 5.69 Å². The van der Waals surface area contributed by atoms with Gasteiger partial charge in [0.25, 0.3) is 0 Å². The predicted molar refractivity (Wildman–Crippen MR) is 78.2 cm³/mol. The highest BCUT2D eigenvalue weighted by atomic mass is 32.1. The maximum Gasteiger partial charge on any atom is 0.228 e. The standard InChI is InChI=1S/C14H20N2OS/c1-14(2,8-15)11-4-5-12-10(7-11)3-6-13(17)16(12)9-18/h4-5,7,18H,3,6,8-9,15H2,1-2H3. The minimum atomic E-state index is -0.0255. The van der Waals surface area contributed by atoms with Crippen LogP contribution in [0.3, 0.4) is 0 Å². The van der Waals surface area contributed by atoms with Crippen molar-refractivity contribution >= 4 is 24.2 Å². The lowest BCUT2D eigenvalue weighted by molar-refractivity contribution is -0.118. The van der Waals surface area contributed by atoms with Gasteiger partial charge in [-0.15, -0.1) is 0 Å². The average molecular weight is 264 g/mol. The van der Waals surface area contributed by atoms with E-state index in [2.05, 4.69) is 38.6 Å². The molecule has 1 aliphatic rings. The number of benzene rings is 1. The number of rotatable bonds is 3. The first-order chi connectivity index (χ1) is 8.49. The predicted octanol–water partition coefficient (Wildman–Crippen LogP) is 2.09. The molecule has 18 heavy (non-hydrogen) atoms. The Bertz CT molecular complexity index is 471. The summed E-state index contributed by atoms with van der Waals surface area (Å²) in [6, 6.07) is 6.28. The Kier molecular flexibility index (Phi) is 3.69. The number of thiol groups is 1. The van der Waals surface area contributed by atoms with Gasteiger partial charge in [-0.3, -0.25) is 4.79 Å². The van der Waals surface area contributed by atoms with Crippen molar-refractivity contribution in [2.75, 3.05) is 17.3 Å². The number of nitrogens with zero attached hydrogens (tertiary/aromatic N) is 1. The van der Waals surface area contributed by atoms with Gasteiger partial charge >= 0.3 is 0 Å². The number of hydrogen-bond acceptors (Lipinski definition) is 3. The summed E-state index contributed by atoms with van der Waals surface area (Å²) in [5.41, 5.74) is 9.24. The topological polar surface area (TPSA) is 46.3 Å². The van der Waals surface area contributed by atoms with E-state index in [0.29, 0.717) is 18.8 Å². The zero-order valence-corrected chi connectivity index (χ0v) is 11.8. The monoisotopic (exact) mass is 264 g/mol. The lowest BCUT2D eigenvalue weighted by atomic mass is 9.83. The Labute approximate surface area is 114 Å². The van der Waals surface area contributed by atoms with Gasteiger partial charge in [0.1, 0.15) is 0 Å². The van der Waals surface area contributed by atoms with Gasteiger partial charge in [0.15, 0.2) is 0 Å². The maximum atomic E-state index is 11.8. The van der Waals surface area contributed by atoms with E-state index in [1.807, 2.05) is 6.07 Å². The van der Waals surface area contributed by atoms with Crippen molar-refractivity contribution in [1.82, 2.24) is 0 Å². The number of aryl methyl sites for hydroxylation is 1. The Balaban J connectivity index is 2.42. The molecule has 0 atom stereocenters. The van der Waals surface area contributed by atoms with Gasteiger partial charge in [0, 0.05) is 24.1 Å². The van der Waals surface area contributed by atoms with Crippen LogP contribution in [-0.4, -0.2) is 18.3 Å². The number of fused-ring (bicyclic) bond motifs is 1. The van der Waals surface area contributed by atoms with Crippen molar-refractivity contribution in [2.45, 2.75) is 32.1 Å². The van der Waals surface area contributed by atoms with Gasteiger partial charge in [-0.25, -0.2) is 0 Å². The molecule has 0 unspecified atom stereocenters. The van der Waals surface area contributed by atoms with Crippen LogP contribution in [0.25, 0.3) is 0 Å². The van der Waals surface area contributed by atoms with Crippen molar-refractivity contribution < 1.29 is 4.79 Å². The van der Waals surface area contributed by atoms with E-state index >= 15 is 0 Å².